The average molecular weight is 419 g/mol. The van der Waals surface area contributed by atoms with E-state index in [4.69, 9.17) is 4.74 Å². The minimum absolute atomic E-state index is 0.148. The van der Waals surface area contributed by atoms with Gasteiger partial charge < -0.3 is 15.0 Å². The van der Waals surface area contributed by atoms with Crippen LogP contribution < -0.4 is 10.1 Å². The molecule has 1 saturated carbocycles. The number of carbonyl (C=O) groups is 2. The number of benzene rings is 2. The van der Waals surface area contributed by atoms with Crippen LogP contribution in [0, 0.1) is 0 Å². The number of hydrogen-bond donors (Lipinski definition) is 1. The predicted octanol–water partition coefficient (Wildman–Crippen LogP) is 3.83. The van der Waals surface area contributed by atoms with Crippen molar-refractivity contribution in [3.8, 4) is 5.75 Å². The summed E-state index contributed by atoms with van der Waals surface area (Å²) in [6.45, 7) is 1.41. The first kappa shape index (κ1) is 20.1. The Morgan fingerprint density at radius 1 is 1.00 bits per heavy atom. The van der Waals surface area contributed by atoms with Crippen LogP contribution >= 0.6 is 0 Å². The molecule has 0 bridgehead atoms. The number of nitrogens with one attached hydrogen (secondary N) is 1. The second-order valence-electron chi connectivity index (χ2n) is 9.31. The number of carbonyl (C=O) groups excluding carboxylic acids is 2. The molecule has 5 heteroatoms. The van der Waals surface area contributed by atoms with Crippen LogP contribution in [0.2, 0.25) is 0 Å². The van der Waals surface area contributed by atoms with Gasteiger partial charge in [0.1, 0.15) is 11.4 Å². The third-order valence-electron chi connectivity index (χ3n) is 6.90. The first-order chi connectivity index (χ1) is 15.1. The Kier molecular flexibility index (Phi) is 5.43. The van der Waals surface area contributed by atoms with Crippen molar-refractivity contribution in [2.24, 2.45) is 0 Å². The van der Waals surface area contributed by atoms with Crippen LogP contribution in [-0.2, 0) is 16.0 Å². The van der Waals surface area contributed by atoms with Gasteiger partial charge in [-0.05, 0) is 36.5 Å². The lowest BCUT2D eigenvalue weighted by molar-refractivity contribution is -0.134. The van der Waals surface area contributed by atoms with E-state index < -0.39 is 0 Å². The molecule has 2 amide bonds. The summed E-state index contributed by atoms with van der Waals surface area (Å²) in [5.41, 5.74) is 1.90. The maximum absolute atomic E-state index is 12.8. The summed E-state index contributed by atoms with van der Waals surface area (Å²) in [6.07, 6.45) is 5.62. The highest BCUT2D eigenvalue weighted by Gasteiger charge is 2.44. The molecule has 2 aromatic carbocycles. The molecular formula is C26H30N2O3. The number of nitrogens with zero attached hydrogens (tertiary/aromatic N) is 1. The normalized spacial score (nSPS) is 21.8. The molecule has 5 nitrogen and oxygen atoms in total. The van der Waals surface area contributed by atoms with Crippen molar-refractivity contribution in [2.45, 2.75) is 62.5 Å². The molecule has 0 aromatic heterocycles. The van der Waals surface area contributed by atoms with Crippen molar-refractivity contribution >= 4 is 11.8 Å². The maximum atomic E-state index is 12.8. The van der Waals surface area contributed by atoms with Crippen molar-refractivity contribution in [1.82, 2.24) is 10.2 Å². The molecule has 1 N–H and O–H groups in total. The van der Waals surface area contributed by atoms with Gasteiger partial charge in [0.2, 0.25) is 11.8 Å². The van der Waals surface area contributed by atoms with Crippen LogP contribution in [0.15, 0.2) is 54.6 Å². The molecule has 0 radical (unpaired) electrons. The molecule has 1 atom stereocenters. The van der Waals surface area contributed by atoms with E-state index in [1.165, 1.54) is 0 Å². The summed E-state index contributed by atoms with van der Waals surface area (Å²) in [5, 5.41) is 3.14. The van der Waals surface area contributed by atoms with Gasteiger partial charge in [0.05, 0.1) is 6.42 Å². The quantitative estimate of drug-likeness (QED) is 0.803. The molecule has 1 aliphatic carbocycles. The second-order valence-corrected chi connectivity index (χ2v) is 9.31. The Hall–Kier alpha value is -2.82. The van der Waals surface area contributed by atoms with Crippen LogP contribution in [0.4, 0.5) is 0 Å². The molecule has 31 heavy (non-hydrogen) atoms. The predicted molar refractivity (Wildman–Crippen MR) is 119 cm³/mol. The minimum atomic E-state index is -0.289. The average Bonchev–Trinajstić information content (AvgIpc) is 3.59. The number of ether oxygens (including phenoxy) is 1. The van der Waals surface area contributed by atoms with E-state index in [2.05, 4.69) is 11.4 Å². The molecule has 3 aliphatic rings. The lowest BCUT2D eigenvalue weighted by Gasteiger charge is -2.47. The van der Waals surface area contributed by atoms with E-state index in [9.17, 15) is 9.59 Å². The Morgan fingerprint density at radius 3 is 2.45 bits per heavy atom. The van der Waals surface area contributed by atoms with Crippen molar-refractivity contribution < 1.29 is 14.3 Å². The fraction of sp³-hybridized carbons (Fsp3) is 0.462. The van der Waals surface area contributed by atoms with E-state index in [1.807, 2.05) is 53.4 Å². The van der Waals surface area contributed by atoms with Crippen molar-refractivity contribution in [1.29, 1.82) is 0 Å². The molecule has 1 unspecified atom stereocenters. The Balaban J connectivity index is 1.25. The molecule has 2 heterocycles. The smallest absolute Gasteiger partial charge is 0.226 e. The Labute approximate surface area is 183 Å². The molecule has 5 rings (SSSR count). The number of likely N-dealkylation sites (tertiary alicyclic amines) is 1. The van der Waals surface area contributed by atoms with Gasteiger partial charge >= 0.3 is 0 Å². The molecule has 2 aliphatic heterocycles. The molecule has 162 valence electrons. The molecule has 2 fully saturated rings. The van der Waals surface area contributed by atoms with Gasteiger partial charge in [-0.2, -0.15) is 0 Å². The lowest BCUT2D eigenvalue weighted by atomic mass is 9.76. The van der Waals surface area contributed by atoms with Gasteiger partial charge in [-0.1, -0.05) is 48.5 Å². The number of rotatable bonds is 5. The van der Waals surface area contributed by atoms with Crippen LogP contribution in [0.5, 0.6) is 5.75 Å². The summed E-state index contributed by atoms with van der Waals surface area (Å²) in [6, 6.07) is 18.4. The number of piperidine rings is 1. The number of amides is 2. The second kappa shape index (κ2) is 8.37. The zero-order valence-electron chi connectivity index (χ0n) is 17.9. The largest absolute Gasteiger partial charge is 0.487 e. The van der Waals surface area contributed by atoms with Gasteiger partial charge in [-0.15, -0.1) is 0 Å². The van der Waals surface area contributed by atoms with E-state index in [1.54, 1.807) is 0 Å². The van der Waals surface area contributed by atoms with Crippen LogP contribution in [0.1, 0.15) is 55.6 Å². The fourth-order valence-electron chi connectivity index (χ4n) is 5.02. The molecule has 1 spiro atoms. The topological polar surface area (TPSA) is 58.6 Å². The van der Waals surface area contributed by atoms with E-state index in [0.717, 1.165) is 49.0 Å². The zero-order valence-corrected chi connectivity index (χ0v) is 17.9. The highest BCUT2D eigenvalue weighted by Crippen LogP contribution is 2.46. The fourth-order valence-corrected chi connectivity index (χ4v) is 5.02. The minimum Gasteiger partial charge on any atom is -0.487 e. The van der Waals surface area contributed by atoms with Gasteiger partial charge in [-0.3, -0.25) is 9.59 Å². The zero-order chi connectivity index (χ0) is 21.3. The summed E-state index contributed by atoms with van der Waals surface area (Å²) >= 11 is 0. The first-order valence-electron chi connectivity index (χ1n) is 11.5. The first-order valence-corrected chi connectivity index (χ1v) is 11.5. The lowest BCUT2D eigenvalue weighted by Crippen LogP contribution is -2.52. The number of hydrogen-bond acceptors (Lipinski definition) is 3. The molecule has 2 aromatic rings. The van der Waals surface area contributed by atoms with Gasteiger partial charge in [0, 0.05) is 44.3 Å². The monoisotopic (exact) mass is 418 g/mol. The van der Waals surface area contributed by atoms with E-state index in [-0.39, 0.29) is 23.3 Å². The Morgan fingerprint density at radius 2 is 1.71 bits per heavy atom. The van der Waals surface area contributed by atoms with E-state index >= 15 is 0 Å². The summed E-state index contributed by atoms with van der Waals surface area (Å²) in [5.74, 6) is 1.39. The third-order valence-corrected chi connectivity index (χ3v) is 6.90. The van der Waals surface area contributed by atoms with Crippen LogP contribution in [0.3, 0.4) is 0 Å². The number of para-hydroxylation sites is 1. The summed E-state index contributed by atoms with van der Waals surface area (Å²) in [4.78, 5) is 27.3. The maximum Gasteiger partial charge on any atom is 0.226 e. The summed E-state index contributed by atoms with van der Waals surface area (Å²) < 4.78 is 6.54. The summed E-state index contributed by atoms with van der Waals surface area (Å²) in [7, 11) is 0. The van der Waals surface area contributed by atoms with Crippen molar-refractivity contribution in [3.05, 3.63) is 65.7 Å². The standard InChI is InChI=1S/C26H30N2O3/c29-24(27-21-10-11-21)17-20-18-26(31-23-9-5-4-8-22(20)23)12-14-28(15-13-26)25(30)16-19-6-2-1-3-7-19/h1-9,20-21H,10-18H2,(H,27,29). The molecule has 1 saturated heterocycles. The van der Waals surface area contributed by atoms with Crippen LogP contribution in [-0.4, -0.2) is 41.4 Å². The molecular weight excluding hydrogens is 388 g/mol. The van der Waals surface area contributed by atoms with E-state index in [0.29, 0.717) is 32.0 Å². The highest BCUT2D eigenvalue weighted by molar-refractivity contribution is 5.79. The SMILES string of the molecule is O=C(CC1CC2(CCN(C(=O)Cc3ccccc3)CC2)Oc2ccccc21)NC1CC1. The van der Waals surface area contributed by atoms with Gasteiger partial charge in [0.25, 0.3) is 0 Å². The van der Waals surface area contributed by atoms with Crippen molar-refractivity contribution in [3.63, 3.8) is 0 Å². The number of fused-ring (bicyclic) bond motifs is 1. The highest BCUT2D eigenvalue weighted by atomic mass is 16.5. The van der Waals surface area contributed by atoms with Crippen molar-refractivity contribution in [2.75, 3.05) is 13.1 Å². The van der Waals surface area contributed by atoms with Crippen LogP contribution in [0.25, 0.3) is 0 Å². The third kappa shape index (κ3) is 4.60. The van der Waals surface area contributed by atoms with Gasteiger partial charge in [0.15, 0.2) is 0 Å². The Bertz CT molecular complexity index is 946. The van der Waals surface area contributed by atoms with Gasteiger partial charge in [-0.25, -0.2) is 0 Å².